The van der Waals surface area contributed by atoms with Crippen molar-refractivity contribution in [2.24, 2.45) is 0 Å². The lowest BCUT2D eigenvalue weighted by Gasteiger charge is -2.11. The summed E-state index contributed by atoms with van der Waals surface area (Å²) in [6.45, 7) is 7.67. The molecule has 0 saturated heterocycles. The van der Waals surface area contributed by atoms with Crippen molar-refractivity contribution in [2.75, 3.05) is 11.9 Å². The average molecular weight is 478 g/mol. The highest BCUT2D eigenvalue weighted by Gasteiger charge is 2.28. The summed E-state index contributed by atoms with van der Waals surface area (Å²) in [5.74, 6) is -2.01. The molecule has 2 aromatic heterocycles. The van der Waals surface area contributed by atoms with Crippen molar-refractivity contribution >= 4 is 45.8 Å². The molecular weight excluding hydrogens is 456 g/mol. The average Bonchev–Trinajstić information content (AvgIpc) is 3.12. The van der Waals surface area contributed by atoms with Gasteiger partial charge in [0.25, 0.3) is 6.43 Å². The van der Waals surface area contributed by atoms with Gasteiger partial charge in [-0.1, -0.05) is 11.6 Å². The number of nitrogens with zero attached hydrogens (tertiary/aromatic N) is 2. The second-order valence-electron chi connectivity index (χ2n) is 6.73. The first-order valence-corrected chi connectivity index (χ1v) is 10.5. The maximum Gasteiger partial charge on any atom is 0.348 e. The third-order valence-electron chi connectivity index (χ3n) is 4.07. The summed E-state index contributed by atoms with van der Waals surface area (Å²) >= 11 is 6.71. The van der Waals surface area contributed by atoms with Crippen LogP contribution in [0, 0.1) is 13.8 Å². The molecule has 31 heavy (non-hydrogen) atoms. The van der Waals surface area contributed by atoms with Crippen LogP contribution < -0.4 is 5.32 Å². The highest BCUT2D eigenvalue weighted by Crippen LogP contribution is 2.35. The summed E-state index contributed by atoms with van der Waals surface area (Å²) < 4.78 is 37.2. The Hall–Kier alpha value is -2.53. The van der Waals surface area contributed by atoms with Gasteiger partial charge in [0.15, 0.2) is 0 Å². The monoisotopic (exact) mass is 477 g/mol. The molecule has 0 aliphatic rings. The summed E-state index contributed by atoms with van der Waals surface area (Å²) in [6.07, 6.45) is -3.32. The molecule has 12 heteroatoms. The van der Waals surface area contributed by atoms with Crippen LogP contribution >= 0.6 is 22.9 Å². The van der Waals surface area contributed by atoms with Gasteiger partial charge in [-0.15, -0.1) is 11.3 Å². The van der Waals surface area contributed by atoms with E-state index in [-0.39, 0.29) is 32.8 Å². The highest BCUT2D eigenvalue weighted by molar-refractivity contribution is 7.18. The molecule has 8 nitrogen and oxygen atoms in total. The smallest absolute Gasteiger partial charge is 0.348 e. The van der Waals surface area contributed by atoms with Crippen molar-refractivity contribution in [1.29, 1.82) is 0 Å². The molecule has 0 aliphatic heterocycles. The minimum Gasteiger partial charge on any atom is -0.462 e. The molecule has 0 fully saturated rings. The van der Waals surface area contributed by atoms with Gasteiger partial charge in [0.2, 0.25) is 5.91 Å². The van der Waals surface area contributed by atoms with Crippen LogP contribution in [0.15, 0.2) is 0 Å². The van der Waals surface area contributed by atoms with Crippen LogP contribution in [-0.4, -0.2) is 40.3 Å². The zero-order valence-corrected chi connectivity index (χ0v) is 19.1. The Balaban J connectivity index is 2.35. The van der Waals surface area contributed by atoms with E-state index < -0.39 is 42.6 Å². The van der Waals surface area contributed by atoms with Crippen LogP contribution in [0.25, 0.3) is 0 Å². The van der Waals surface area contributed by atoms with E-state index in [1.54, 1.807) is 27.7 Å². The number of hydrogen-bond acceptors (Lipinski definition) is 7. The van der Waals surface area contributed by atoms with Crippen LogP contribution in [0.5, 0.6) is 0 Å². The number of nitrogens with one attached hydrogen (secondary N) is 1. The van der Waals surface area contributed by atoms with E-state index in [0.717, 1.165) is 16.0 Å². The summed E-state index contributed by atoms with van der Waals surface area (Å²) in [5, 5.41) is 6.07. The Morgan fingerprint density at radius 1 is 1.23 bits per heavy atom. The maximum atomic E-state index is 13.0. The molecule has 0 spiro atoms. The number of aromatic nitrogens is 2. The number of carbonyl (C=O) groups is 3. The molecule has 0 aliphatic carbocycles. The third-order valence-corrected chi connectivity index (χ3v) is 5.72. The molecule has 0 saturated carbocycles. The quantitative estimate of drug-likeness (QED) is 0.560. The Morgan fingerprint density at radius 2 is 1.87 bits per heavy atom. The first-order chi connectivity index (χ1) is 14.5. The van der Waals surface area contributed by atoms with Crippen molar-refractivity contribution < 1.29 is 32.6 Å². The summed E-state index contributed by atoms with van der Waals surface area (Å²) in [5.41, 5.74) is -0.0906. The largest absolute Gasteiger partial charge is 0.462 e. The standard InChI is InChI=1S/C19H22ClF2N3O5S/c1-6-29-19(28)15-9(4)12(18(27)30-8(2)3)17(31-15)23-11(26)7-25-10(5)13(20)14(24-25)16(21)22/h8,16H,6-7H2,1-5H3,(H,23,26). The lowest BCUT2D eigenvalue weighted by Crippen LogP contribution is -2.21. The van der Waals surface area contributed by atoms with E-state index in [9.17, 15) is 23.2 Å². The number of esters is 2. The van der Waals surface area contributed by atoms with Gasteiger partial charge in [-0.05, 0) is 40.2 Å². The number of halogens is 3. The predicted molar refractivity (Wildman–Crippen MR) is 111 cm³/mol. The van der Waals surface area contributed by atoms with Crippen molar-refractivity contribution in [3.63, 3.8) is 0 Å². The van der Waals surface area contributed by atoms with E-state index >= 15 is 0 Å². The van der Waals surface area contributed by atoms with Crippen molar-refractivity contribution in [3.8, 4) is 0 Å². The van der Waals surface area contributed by atoms with E-state index in [0.29, 0.717) is 5.56 Å². The third kappa shape index (κ3) is 5.59. The number of alkyl halides is 2. The van der Waals surface area contributed by atoms with Gasteiger partial charge in [-0.2, -0.15) is 5.10 Å². The number of hydrogen-bond donors (Lipinski definition) is 1. The van der Waals surface area contributed by atoms with Gasteiger partial charge < -0.3 is 14.8 Å². The lowest BCUT2D eigenvalue weighted by molar-refractivity contribution is -0.116. The molecule has 170 valence electrons. The number of anilines is 1. The van der Waals surface area contributed by atoms with E-state index in [1.165, 1.54) is 6.92 Å². The van der Waals surface area contributed by atoms with Crippen molar-refractivity contribution in [1.82, 2.24) is 9.78 Å². The molecule has 2 heterocycles. The van der Waals surface area contributed by atoms with Gasteiger partial charge in [-0.25, -0.2) is 18.4 Å². The van der Waals surface area contributed by atoms with Crippen molar-refractivity contribution in [3.05, 3.63) is 32.4 Å². The van der Waals surface area contributed by atoms with Crippen LogP contribution in [-0.2, 0) is 20.8 Å². The summed E-state index contributed by atoms with van der Waals surface area (Å²) in [6, 6.07) is 0. The first-order valence-electron chi connectivity index (χ1n) is 9.30. The molecular formula is C19H22ClF2N3O5S. The topological polar surface area (TPSA) is 99.5 Å². The Labute approximate surface area is 186 Å². The summed E-state index contributed by atoms with van der Waals surface area (Å²) in [4.78, 5) is 37.5. The predicted octanol–water partition coefficient (Wildman–Crippen LogP) is 4.53. The molecule has 0 aromatic carbocycles. The van der Waals surface area contributed by atoms with Crippen LogP contribution in [0.3, 0.4) is 0 Å². The van der Waals surface area contributed by atoms with E-state index in [1.807, 2.05) is 0 Å². The number of rotatable bonds is 8. The maximum absolute atomic E-state index is 13.0. The Kier molecular flexibility index (Phi) is 8.13. The molecule has 2 aromatic rings. The molecule has 1 N–H and O–H groups in total. The van der Waals surface area contributed by atoms with E-state index in [2.05, 4.69) is 10.4 Å². The molecule has 0 unspecified atom stereocenters. The van der Waals surface area contributed by atoms with Gasteiger partial charge in [0, 0.05) is 0 Å². The lowest BCUT2D eigenvalue weighted by atomic mass is 10.1. The molecule has 0 bridgehead atoms. The molecule has 0 radical (unpaired) electrons. The van der Waals surface area contributed by atoms with Crippen molar-refractivity contribution in [2.45, 2.75) is 53.7 Å². The highest BCUT2D eigenvalue weighted by atomic mass is 35.5. The minimum absolute atomic E-state index is 0.0265. The fourth-order valence-corrected chi connectivity index (χ4v) is 3.98. The number of ether oxygens (including phenoxy) is 2. The van der Waals surface area contributed by atoms with Crippen LogP contribution in [0.4, 0.5) is 13.8 Å². The van der Waals surface area contributed by atoms with Crippen LogP contribution in [0.2, 0.25) is 5.02 Å². The Bertz CT molecular complexity index is 1000. The fourth-order valence-electron chi connectivity index (χ4n) is 2.65. The summed E-state index contributed by atoms with van der Waals surface area (Å²) in [7, 11) is 0. The van der Waals surface area contributed by atoms with Gasteiger partial charge >= 0.3 is 11.9 Å². The zero-order chi connectivity index (χ0) is 23.5. The SMILES string of the molecule is CCOC(=O)c1sc(NC(=O)Cn2nc(C(F)F)c(Cl)c2C)c(C(=O)OC(C)C)c1C. The van der Waals surface area contributed by atoms with E-state index in [4.69, 9.17) is 21.1 Å². The van der Waals surface area contributed by atoms with Crippen LogP contribution in [0.1, 0.15) is 64.2 Å². The second kappa shape index (κ2) is 10.2. The number of amides is 1. The second-order valence-corrected chi connectivity index (χ2v) is 8.12. The van der Waals surface area contributed by atoms with Gasteiger partial charge in [0.05, 0.1) is 29.0 Å². The fraction of sp³-hybridized carbons (Fsp3) is 0.474. The van der Waals surface area contributed by atoms with Gasteiger partial charge in [-0.3, -0.25) is 9.48 Å². The number of thiophene rings is 1. The molecule has 1 amide bonds. The molecule has 0 atom stereocenters. The molecule has 2 rings (SSSR count). The normalized spacial score (nSPS) is 11.2. The first kappa shape index (κ1) is 24.7. The van der Waals surface area contributed by atoms with Gasteiger partial charge in [0.1, 0.15) is 22.1 Å². The number of carbonyl (C=O) groups excluding carboxylic acids is 3. The minimum atomic E-state index is -2.89. The Morgan fingerprint density at radius 3 is 2.39 bits per heavy atom. The zero-order valence-electron chi connectivity index (χ0n) is 17.5.